The van der Waals surface area contributed by atoms with E-state index in [1.54, 1.807) is 12.3 Å². The van der Waals surface area contributed by atoms with Crippen LogP contribution < -0.4 is 4.74 Å². The summed E-state index contributed by atoms with van der Waals surface area (Å²) in [6, 6.07) is 3.62. The SMILES string of the molecule is COc1ccc(C2=CCN(C(=O)CCC(F)(F)F)CC2)cn1. The minimum atomic E-state index is -4.29. The highest BCUT2D eigenvalue weighted by molar-refractivity contribution is 5.78. The van der Waals surface area contributed by atoms with Crippen molar-refractivity contribution in [3.8, 4) is 5.88 Å². The molecule has 1 aromatic rings. The highest BCUT2D eigenvalue weighted by Gasteiger charge is 2.29. The van der Waals surface area contributed by atoms with Crippen molar-refractivity contribution in [1.29, 1.82) is 0 Å². The number of ether oxygens (including phenoxy) is 1. The maximum Gasteiger partial charge on any atom is 0.389 e. The molecular weight excluding hydrogens is 297 g/mol. The van der Waals surface area contributed by atoms with Gasteiger partial charge in [0, 0.05) is 31.8 Å². The fourth-order valence-electron chi connectivity index (χ4n) is 2.26. The lowest BCUT2D eigenvalue weighted by Crippen LogP contribution is -2.35. The zero-order valence-corrected chi connectivity index (χ0v) is 12.2. The lowest BCUT2D eigenvalue weighted by molar-refractivity contribution is -0.148. The number of hydrogen-bond acceptors (Lipinski definition) is 3. The Balaban J connectivity index is 1.92. The van der Waals surface area contributed by atoms with Crippen molar-refractivity contribution in [3.05, 3.63) is 30.0 Å². The Hall–Kier alpha value is -2.05. The molecule has 0 spiro atoms. The van der Waals surface area contributed by atoms with Gasteiger partial charge in [0.25, 0.3) is 0 Å². The van der Waals surface area contributed by atoms with E-state index in [9.17, 15) is 18.0 Å². The highest BCUT2D eigenvalue weighted by atomic mass is 19.4. The van der Waals surface area contributed by atoms with E-state index in [0.717, 1.165) is 11.1 Å². The number of carbonyl (C=O) groups is 1. The third-order valence-corrected chi connectivity index (χ3v) is 3.50. The van der Waals surface area contributed by atoms with Gasteiger partial charge in [-0.1, -0.05) is 6.08 Å². The third-order valence-electron chi connectivity index (χ3n) is 3.50. The minimum absolute atomic E-state index is 0.331. The van der Waals surface area contributed by atoms with Crippen molar-refractivity contribution in [2.45, 2.75) is 25.4 Å². The molecule has 4 nitrogen and oxygen atoms in total. The zero-order chi connectivity index (χ0) is 16.2. The molecule has 7 heteroatoms. The van der Waals surface area contributed by atoms with Gasteiger partial charge in [-0.25, -0.2) is 4.98 Å². The Morgan fingerprint density at radius 2 is 2.18 bits per heavy atom. The summed E-state index contributed by atoms with van der Waals surface area (Å²) in [7, 11) is 1.53. The van der Waals surface area contributed by atoms with Crippen LogP contribution in [0.1, 0.15) is 24.8 Å². The molecule has 0 fully saturated rings. The van der Waals surface area contributed by atoms with Crippen LogP contribution >= 0.6 is 0 Å². The monoisotopic (exact) mass is 314 g/mol. The highest BCUT2D eigenvalue weighted by Crippen LogP contribution is 2.25. The average molecular weight is 314 g/mol. The number of carbonyl (C=O) groups excluding carboxylic acids is 1. The van der Waals surface area contributed by atoms with Crippen LogP contribution in [0, 0.1) is 0 Å². The molecule has 1 aromatic heterocycles. The number of pyridine rings is 1. The van der Waals surface area contributed by atoms with E-state index in [4.69, 9.17) is 4.74 Å². The van der Waals surface area contributed by atoms with Gasteiger partial charge in [0.05, 0.1) is 13.5 Å². The molecule has 22 heavy (non-hydrogen) atoms. The second-order valence-electron chi connectivity index (χ2n) is 5.02. The Kier molecular flexibility index (Phi) is 5.05. The van der Waals surface area contributed by atoms with Crippen molar-refractivity contribution in [1.82, 2.24) is 9.88 Å². The van der Waals surface area contributed by atoms with Crippen molar-refractivity contribution in [2.24, 2.45) is 0 Å². The van der Waals surface area contributed by atoms with Gasteiger partial charge in [0.1, 0.15) is 0 Å². The van der Waals surface area contributed by atoms with Gasteiger partial charge < -0.3 is 9.64 Å². The van der Waals surface area contributed by atoms with Crippen molar-refractivity contribution in [3.63, 3.8) is 0 Å². The maximum absolute atomic E-state index is 12.1. The van der Waals surface area contributed by atoms with E-state index < -0.39 is 24.9 Å². The van der Waals surface area contributed by atoms with E-state index in [-0.39, 0.29) is 0 Å². The van der Waals surface area contributed by atoms with Crippen LogP contribution in [0.3, 0.4) is 0 Å². The average Bonchev–Trinajstić information content (AvgIpc) is 2.52. The fraction of sp³-hybridized carbons (Fsp3) is 0.467. The molecule has 0 aliphatic carbocycles. The van der Waals surface area contributed by atoms with E-state index >= 15 is 0 Å². The molecule has 1 amide bonds. The van der Waals surface area contributed by atoms with E-state index in [1.807, 2.05) is 12.1 Å². The summed E-state index contributed by atoms with van der Waals surface area (Å²) in [6.45, 7) is 0.757. The Morgan fingerprint density at radius 3 is 2.68 bits per heavy atom. The van der Waals surface area contributed by atoms with E-state index in [2.05, 4.69) is 4.98 Å². The molecule has 0 saturated carbocycles. The van der Waals surface area contributed by atoms with Crippen LogP contribution in [0.2, 0.25) is 0 Å². The lowest BCUT2D eigenvalue weighted by Gasteiger charge is -2.27. The van der Waals surface area contributed by atoms with Gasteiger partial charge in [-0.15, -0.1) is 0 Å². The molecule has 2 heterocycles. The van der Waals surface area contributed by atoms with Gasteiger partial charge in [-0.2, -0.15) is 13.2 Å². The lowest BCUT2D eigenvalue weighted by atomic mass is 10.0. The third kappa shape index (κ3) is 4.47. The van der Waals surface area contributed by atoms with Crippen LogP contribution in [-0.4, -0.2) is 42.2 Å². The molecule has 0 saturated heterocycles. The number of aromatic nitrogens is 1. The number of amides is 1. The Morgan fingerprint density at radius 1 is 1.41 bits per heavy atom. The molecule has 120 valence electrons. The predicted octanol–water partition coefficient (Wildman–Crippen LogP) is 3.05. The topological polar surface area (TPSA) is 42.4 Å². The molecule has 0 unspecified atom stereocenters. The predicted molar refractivity (Wildman–Crippen MR) is 75.3 cm³/mol. The minimum Gasteiger partial charge on any atom is -0.481 e. The number of methoxy groups -OCH3 is 1. The molecule has 0 N–H and O–H groups in total. The van der Waals surface area contributed by atoms with Crippen LogP contribution in [0.4, 0.5) is 13.2 Å². The summed E-state index contributed by atoms with van der Waals surface area (Å²) in [4.78, 5) is 17.3. The number of halogens is 3. The van der Waals surface area contributed by atoms with Gasteiger partial charge in [-0.05, 0) is 23.6 Å². The molecule has 0 bridgehead atoms. The first-order chi connectivity index (χ1) is 10.4. The van der Waals surface area contributed by atoms with Crippen molar-refractivity contribution >= 4 is 11.5 Å². The van der Waals surface area contributed by atoms with Crippen LogP contribution in [-0.2, 0) is 4.79 Å². The fourth-order valence-corrected chi connectivity index (χ4v) is 2.26. The molecule has 1 aliphatic rings. The second kappa shape index (κ2) is 6.81. The summed E-state index contributed by atoms with van der Waals surface area (Å²) in [5.41, 5.74) is 1.97. The van der Waals surface area contributed by atoms with Crippen LogP contribution in [0.25, 0.3) is 5.57 Å². The Labute approximate surface area is 126 Å². The van der Waals surface area contributed by atoms with E-state index in [1.165, 1.54) is 12.0 Å². The van der Waals surface area contributed by atoms with Crippen molar-refractivity contribution in [2.75, 3.05) is 20.2 Å². The first kappa shape index (κ1) is 16.3. The zero-order valence-electron chi connectivity index (χ0n) is 12.2. The summed E-state index contributed by atoms with van der Waals surface area (Å²) < 4.78 is 41.4. The Bertz CT molecular complexity index is 553. The normalized spacial score (nSPS) is 15.5. The summed E-state index contributed by atoms with van der Waals surface area (Å²) in [5.74, 6) is 0.0598. The first-order valence-corrected chi connectivity index (χ1v) is 6.93. The van der Waals surface area contributed by atoms with Crippen molar-refractivity contribution < 1.29 is 22.7 Å². The first-order valence-electron chi connectivity index (χ1n) is 6.93. The van der Waals surface area contributed by atoms with Gasteiger partial charge in [0.15, 0.2) is 0 Å². The standard InChI is InChI=1S/C15H17F3N2O2/c1-22-13-3-2-12(10-19-13)11-5-8-20(9-6-11)14(21)4-7-15(16,17)18/h2-3,5,10H,4,6-9H2,1H3. The number of nitrogens with zero attached hydrogens (tertiary/aromatic N) is 2. The smallest absolute Gasteiger partial charge is 0.389 e. The van der Waals surface area contributed by atoms with Gasteiger partial charge in [0.2, 0.25) is 11.8 Å². The number of hydrogen-bond donors (Lipinski definition) is 0. The summed E-state index contributed by atoms with van der Waals surface area (Å²) in [5, 5.41) is 0. The molecule has 0 atom stereocenters. The molecule has 1 aliphatic heterocycles. The molecule has 0 radical (unpaired) electrons. The summed E-state index contributed by atoms with van der Waals surface area (Å²) in [6.07, 6.45) is -1.70. The van der Waals surface area contributed by atoms with Gasteiger partial charge in [-0.3, -0.25) is 4.79 Å². The number of rotatable bonds is 4. The largest absolute Gasteiger partial charge is 0.481 e. The van der Waals surface area contributed by atoms with Crippen LogP contribution in [0.5, 0.6) is 5.88 Å². The van der Waals surface area contributed by atoms with E-state index in [0.29, 0.717) is 25.4 Å². The van der Waals surface area contributed by atoms with Gasteiger partial charge >= 0.3 is 6.18 Å². The quantitative estimate of drug-likeness (QED) is 0.858. The molecular formula is C15H17F3N2O2. The maximum atomic E-state index is 12.1. The summed E-state index contributed by atoms with van der Waals surface area (Å²) >= 11 is 0. The second-order valence-corrected chi connectivity index (χ2v) is 5.02. The number of alkyl halides is 3. The molecule has 2 rings (SSSR count). The molecule has 0 aromatic carbocycles. The van der Waals surface area contributed by atoms with Crippen LogP contribution in [0.15, 0.2) is 24.4 Å².